The van der Waals surface area contributed by atoms with Crippen LogP contribution in [0.2, 0.25) is 0 Å². The van der Waals surface area contributed by atoms with Gasteiger partial charge in [0.25, 0.3) is 0 Å². The highest BCUT2D eigenvalue weighted by Gasteiger charge is 2.20. The minimum absolute atomic E-state index is 0. The summed E-state index contributed by atoms with van der Waals surface area (Å²) < 4.78 is 1.41. The zero-order chi connectivity index (χ0) is 13.1. The molecule has 0 unspecified atom stereocenters. The third-order valence-corrected chi connectivity index (χ3v) is 4.36. The van der Waals surface area contributed by atoms with Gasteiger partial charge in [-0.25, -0.2) is 0 Å². The maximum Gasteiger partial charge on any atom is 0.143 e. The van der Waals surface area contributed by atoms with E-state index in [0.29, 0.717) is 8.95 Å². The molecule has 0 saturated carbocycles. The lowest BCUT2D eigenvalue weighted by Gasteiger charge is -2.33. The predicted octanol–water partition coefficient (Wildman–Crippen LogP) is 3.89. The summed E-state index contributed by atoms with van der Waals surface area (Å²) in [5.74, 6) is 0.238. The van der Waals surface area contributed by atoms with Crippen LogP contribution in [-0.2, 0) is 0 Å². The average Bonchev–Trinajstić information content (AvgIpc) is 2.38. The van der Waals surface area contributed by atoms with Gasteiger partial charge in [0.15, 0.2) is 0 Å². The van der Waals surface area contributed by atoms with Crippen molar-refractivity contribution in [2.45, 2.75) is 6.04 Å². The maximum absolute atomic E-state index is 9.75. The van der Waals surface area contributed by atoms with Gasteiger partial charge in [0.05, 0.1) is 15.0 Å². The molecule has 2 rings (SSSR count). The van der Waals surface area contributed by atoms with Gasteiger partial charge in [-0.3, -0.25) is 4.90 Å². The van der Waals surface area contributed by atoms with Gasteiger partial charge in [0, 0.05) is 26.2 Å². The summed E-state index contributed by atoms with van der Waals surface area (Å²) in [6.07, 6.45) is 1.95. The van der Waals surface area contributed by atoms with Gasteiger partial charge in [0.2, 0.25) is 0 Å². The smallest absolute Gasteiger partial charge is 0.143 e. The highest BCUT2D eigenvalue weighted by atomic mass is 79.9. The molecule has 1 heterocycles. The Morgan fingerprint density at radius 2 is 1.70 bits per heavy atom. The predicted molar refractivity (Wildman–Crippen MR) is 95.4 cm³/mol. The molecule has 1 aliphatic heterocycles. The Labute approximate surface area is 148 Å². The van der Waals surface area contributed by atoms with Crippen LogP contribution in [0.3, 0.4) is 0 Å². The van der Waals surface area contributed by atoms with Crippen molar-refractivity contribution in [3.63, 3.8) is 0 Å². The van der Waals surface area contributed by atoms with Crippen LogP contribution in [0.4, 0.5) is 0 Å². The number of phenolic OH excluding ortho intramolecular Hbond substituents is 1. The molecule has 1 aromatic rings. The zero-order valence-corrected chi connectivity index (χ0v) is 15.6. The molecule has 0 aliphatic carbocycles. The van der Waals surface area contributed by atoms with Gasteiger partial charge in [-0.05, 0) is 49.6 Å². The van der Waals surface area contributed by atoms with Gasteiger partial charge in [-0.2, -0.15) is 0 Å². The van der Waals surface area contributed by atoms with Crippen molar-refractivity contribution < 1.29 is 5.11 Å². The molecular formula is C13H18Br2Cl2N2O. The number of rotatable bonds is 3. The third-order valence-electron chi connectivity index (χ3n) is 3.15. The van der Waals surface area contributed by atoms with E-state index in [1.807, 2.05) is 18.2 Å². The van der Waals surface area contributed by atoms with E-state index in [-0.39, 0.29) is 36.6 Å². The van der Waals surface area contributed by atoms with Gasteiger partial charge in [-0.15, -0.1) is 31.4 Å². The Morgan fingerprint density at radius 3 is 2.15 bits per heavy atom. The lowest BCUT2D eigenvalue weighted by molar-refractivity contribution is 0.203. The lowest BCUT2D eigenvalue weighted by atomic mass is 10.0. The molecule has 1 fully saturated rings. The van der Waals surface area contributed by atoms with Crippen LogP contribution >= 0.6 is 56.7 Å². The fourth-order valence-corrected chi connectivity index (χ4v) is 3.43. The molecule has 0 amide bonds. The molecule has 0 radical (unpaired) electrons. The zero-order valence-electron chi connectivity index (χ0n) is 10.8. The van der Waals surface area contributed by atoms with Gasteiger partial charge in [-0.1, -0.05) is 6.08 Å². The van der Waals surface area contributed by atoms with Crippen molar-refractivity contribution in [3.8, 4) is 5.75 Å². The summed E-state index contributed by atoms with van der Waals surface area (Å²) in [5, 5.41) is 13.1. The normalized spacial score (nSPS) is 16.7. The number of hydrogen-bond donors (Lipinski definition) is 2. The highest BCUT2D eigenvalue weighted by molar-refractivity contribution is 9.11. The maximum atomic E-state index is 9.75. The molecule has 0 bridgehead atoms. The van der Waals surface area contributed by atoms with Crippen LogP contribution in [0, 0.1) is 0 Å². The van der Waals surface area contributed by atoms with E-state index in [1.165, 1.54) is 0 Å². The number of benzene rings is 1. The summed E-state index contributed by atoms with van der Waals surface area (Å²) in [6, 6.07) is 4.09. The number of piperazine rings is 1. The second-order valence-corrected chi connectivity index (χ2v) is 6.01. The fourth-order valence-electron chi connectivity index (χ4n) is 2.21. The van der Waals surface area contributed by atoms with Crippen molar-refractivity contribution in [2.75, 3.05) is 26.2 Å². The second-order valence-electron chi connectivity index (χ2n) is 4.30. The molecule has 0 aromatic heterocycles. The number of nitrogens with zero attached hydrogens (tertiary/aromatic N) is 1. The summed E-state index contributed by atoms with van der Waals surface area (Å²) in [4.78, 5) is 2.38. The van der Waals surface area contributed by atoms with Crippen LogP contribution in [-0.4, -0.2) is 36.2 Å². The first kappa shape index (κ1) is 20.2. The molecule has 1 saturated heterocycles. The summed E-state index contributed by atoms with van der Waals surface area (Å²) >= 11 is 6.75. The van der Waals surface area contributed by atoms with Crippen LogP contribution in [0.5, 0.6) is 5.75 Å². The van der Waals surface area contributed by atoms with E-state index in [0.717, 1.165) is 31.7 Å². The van der Waals surface area contributed by atoms with Gasteiger partial charge < -0.3 is 10.4 Å². The van der Waals surface area contributed by atoms with Crippen molar-refractivity contribution >= 4 is 56.7 Å². The molecule has 7 heteroatoms. The minimum atomic E-state index is 0. The number of aromatic hydroxyl groups is 1. The number of nitrogens with one attached hydrogen (secondary N) is 1. The first-order chi connectivity index (χ1) is 8.63. The monoisotopic (exact) mass is 446 g/mol. The van der Waals surface area contributed by atoms with E-state index in [1.54, 1.807) is 0 Å². The molecular weight excluding hydrogens is 431 g/mol. The molecule has 1 aromatic carbocycles. The summed E-state index contributed by atoms with van der Waals surface area (Å²) in [6.45, 7) is 7.96. The molecule has 20 heavy (non-hydrogen) atoms. The Hall–Kier alpha value is 0.220. The first-order valence-corrected chi connectivity index (χ1v) is 7.47. The van der Waals surface area contributed by atoms with Crippen LogP contribution < -0.4 is 5.32 Å². The number of halogens is 4. The Kier molecular flexibility index (Phi) is 9.38. The van der Waals surface area contributed by atoms with Crippen LogP contribution in [0.15, 0.2) is 33.7 Å². The third kappa shape index (κ3) is 4.61. The molecule has 114 valence electrons. The average molecular weight is 449 g/mol. The lowest BCUT2D eigenvalue weighted by Crippen LogP contribution is -2.44. The highest BCUT2D eigenvalue weighted by Crippen LogP contribution is 2.36. The van der Waals surface area contributed by atoms with Crippen LogP contribution in [0.25, 0.3) is 0 Å². The molecule has 0 spiro atoms. The fraction of sp³-hybridized carbons (Fsp3) is 0.385. The quantitative estimate of drug-likeness (QED) is 0.688. The Bertz CT molecular complexity index is 431. The van der Waals surface area contributed by atoms with Crippen molar-refractivity contribution in [3.05, 3.63) is 39.3 Å². The van der Waals surface area contributed by atoms with Crippen molar-refractivity contribution in [1.29, 1.82) is 0 Å². The minimum Gasteiger partial charge on any atom is -0.506 e. The van der Waals surface area contributed by atoms with Gasteiger partial charge in [0.1, 0.15) is 5.75 Å². The largest absolute Gasteiger partial charge is 0.506 e. The number of phenols is 1. The van der Waals surface area contributed by atoms with Crippen LogP contribution in [0.1, 0.15) is 11.6 Å². The van der Waals surface area contributed by atoms with E-state index in [2.05, 4.69) is 48.7 Å². The molecule has 1 atom stereocenters. The second kappa shape index (κ2) is 9.28. The molecule has 2 N–H and O–H groups in total. The SMILES string of the molecule is C=C[C@@H](c1cc(Br)c(O)c(Br)c1)N1CCNCC1.Cl.Cl. The Balaban J connectivity index is 0.00000180. The summed E-state index contributed by atoms with van der Waals surface area (Å²) in [7, 11) is 0. The Morgan fingerprint density at radius 1 is 1.20 bits per heavy atom. The van der Waals surface area contributed by atoms with Gasteiger partial charge >= 0.3 is 0 Å². The number of hydrogen-bond acceptors (Lipinski definition) is 3. The van der Waals surface area contributed by atoms with E-state index in [9.17, 15) is 5.11 Å². The van der Waals surface area contributed by atoms with Crippen molar-refractivity contribution in [2.24, 2.45) is 0 Å². The topological polar surface area (TPSA) is 35.5 Å². The molecule has 1 aliphatic rings. The molecule has 3 nitrogen and oxygen atoms in total. The standard InChI is InChI=1S/C13H16Br2N2O.2ClH/c1-2-12(17-5-3-16-4-6-17)9-7-10(14)13(18)11(15)8-9;;/h2,7-8,12,16,18H,1,3-6H2;2*1H/t12-;;/m0../s1. The first-order valence-electron chi connectivity index (χ1n) is 5.88. The van der Waals surface area contributed by atoms with Crippen molar-refractivity contribution in [1.82, 2.24) is 10.2 Å². The summed E-state index contributed by atoms with van der Waals surface area (Å²) in [5.41, 5.74) is 1.13. The van der Waals surface area contributed by atoms with E-state index >= 15 is 0 Å². The van der Waals surface area contributed by atoms with E-state index in [4.69, 9.17) is 0 Å². The van der Waals surface area contributed by atoms with E-state index < -0.39 is 0 Å².